The second kappa shape index (κ2) is 5.70. The van der Waals surface area contributed by atoms with E-state index in [9.17, 15) is 9.90 Å². The third-order valence-corrected chi connectivity index (χ3v) is 4.05. The number of nitrogens with one attached hydrogen (secondary N) is 1. The SMILES string of the molecule is O=C(O)C1CNCCN1Cc1nc(-c2cccs2)no1. The van der Waals surface area contributed by atoms with Crippen LogP contribution in [0.4, 0.5) is 0 Å². The molecule has 1 saturated heterocycles. The second-order valence-electron chi connectivity index (χ2n) is 4.52. The average Bonchev–Trinajstić information content (AvgIpc) is 3.09. The maximum atomic E-state index is 11.2. The van der Waals surface area contributed by atoms with E-state index in [1.165, 1.54) is 11.3 Å². The molecule has 2 aromatic heterocycles. The fourth-order valence-electron chi connectivity index (χ4n) is 2.18. The van der Waals surface area contributed by atoms with Crippen molar-refractivity contribution >= 4 is 17.3 Å². The van der Waals surface area contributed by atoms with Gasteiger partial charge in [0.1, 0.15) is 6.04 Å². The van der Waals surface area contributed by atoms with Gasteiger partial charge in [-0.25, -0.2) is 0 Å². The largest absolute Gasteiger partial charge is 0.480 e. The molecule has 0 saturated carbocycles. The summed E-state index contributed by atoms with van der Waals surface area (Å²) in [7, 11) is 0. The molecule has 1 fully saturated rings. The molecule has 1 aliphatic heterocycles. The topological polar surface area (TPSA) is 91.5 Å². The molecule has 0 spiro atoms. The maximum absolute atomic E-state index is 11.2. The molecule has 106 valence electrons. The molecule has 3 rings (SSSR count). The minimum absolute atomic E-state index is 0.358. The van der Waals surface area contributed by atoms with Gasteiger partial charge < -0.3 is 14.9 Å². The van der Waals surface area contributed by atoms with E-state index in [-0.39, 0.29) is 0 Å². The van der Waals surface area contributed by atoms with E-state index in [2.05, 4.69) is 15.5 Å². The van der Waals surface area contributed by atoms with Gasteiger partial charge in [0, 0.05) is 19.6 Å². The van der Waals surface area contributed by atoms with Crippen LogP contribution in [0.3, 0.4) is 0 Å². The summed E-state index contributed by atoms with van der Waals surface area (Å²) in [6.07, 6.45) is 0. The zero-order valence-electron chi connectivity index (χ0n) is 10.7. The highest BCUT2D eigenvalue weighted by molar-refractivity contribution is 7.13. The zero-order chi connectivity index (χ0) is 13.9. The lowest BCUT2D eigenvalue weighted by molar-refractivity contribution is -0.144. The number of carboxylic acids is 1. The minimum atomic E-state index is -0.838. The summed E-state index contributed by atoms with van der Waals surface area (Å²) >= 11 is 1.54. The van der Waals surface area contributed by atoms with Crippen LogP contribution in [0.25, 0.3) is 10.7 Å². The van der Waals surface area contributed by atoms with Crippen LogP contribution in [0.15, 0.2) is 22.0 Å². The maximum Gasteiger partial charge on any atom is 0.322 e. The van der Waals surface area contributed by atoms with Gasteiger partial charge in [-0.05, 0) is 11.4 Å². The van der Waals surface area contributed by atoms with E-state index in [0.29, 0.717) is 31.3 Å². The molecule has 1 atom stereocenters. The van der Waals surface area contributed by atoms with E-state index < -0.39 is 12.0 Å². The Morgan fingerprint density at radius 2 is 2.55 bits per heavy atom. The standard InChI is InChI=1S/C12H14N4O3S/c17-12(18)8-6-13-3-4-16(8)7-10-14-11(15-19-10)9-2-1-5-20-9/h1-2,5,8,13H,3-4,6-7H2,(H,17,18). The number of hydrogen-bond acceptors (Lipinski definition) is 7. The van der Waals surface area contributed by atoms with Crippen molar-refractivity contribution in [1.82, 2.24) is 20.4 Å². The Morgan fingerprint density at radius 3 is 3.30 bits per heavy atom. The van der Waals surface area contributed by atoms with Gasteiger partial charge in [0.2, 0.25) is 11.7 Å². The normalized spacial score (nSPS) is 20.1. The Hall–Kier alpha value is -1.77. The fraction of sp³-hybridized carbons (Fsp3) is 0.417. The first kappa shape index (κ1) is 13.2. The molecule has 2 aromatic rings. The summed E-state index contributed by atoms with van der Waals surface area (Å²) < 4.78 is 5.21. The summed E-state index contributed by atoms with van der Waals surface area (Å²) in [5, 5.41) is 18.1. The summed E-state index contributed by atoms with van der Waals surface area (Å²) in [6, 6.07) is 3.29. The van der Waals surface area contributed by atoms with Crippen molar-refractivity contribution in [2.24, 2.45) is 0 Å². The van der Waals surface area contributed by atoms with Crippen molar-refractivity contribution in [3.63, 3.8) is 0 Å². The molecule has 20 heavy (non-hydrogen) atoms. The summed E-state index contributed by atoms with van der Waals surface area (Å²) in [5.74, 6) is 0.161. The fourth-order valence-corrected chi connectivity index (χ4v) is 2.83. The van der Waals surface area contributed by atoms with E-state index in [1.807, 2.05) is 22.4 Å². The van der Waals surface area contributed by atoms with Crippen LogP contribution < -0.4 is 5.32 Å². The van der Waals surface area contributed by atoms with Gasteiger partial charge in [0.05, 0.1) is 11.4 Å². The van der Waals surface area contributed by atoms with Crippen molar-refractivity contribution in [1.29, 1.82) is 0 Å². The van der Waals surface area contributed by atoms with Crippen LogP contribution in [0.2, 0.25) is 0 Å². The van der Waals surface area contributed by atoms with Gasteiger partial charge >= 0.3 is 5.97 Å². The average molecular weight is 294 g/mol. The molecule has 1 unspecified atom stereocenters. The highest BCUT2D eigenvalue weighted by Gasteiger charge is 2.29. The van der Waals surface area contributed by atoms with Gasteiger partial charge in [-0.1, -0.05) is 11.2 Å². The zero-order valence-corrected chi connectivity index (χ0v) is 11.5. The Balaban J connectivity index is 1.72. The number of nitrogens with zero attached hydrogens (tertiary/aromatic N) is 3. The van der Waals surface area contributed by atoms with E-state index >= 15 is 0 Å². The van der Waals surface area contributed by atoms with Gasteiger partial charge in [-0.15, -0.1) is 11.3 Å². The van der Waals surface area contributed by atoms with E-state index in [1.54, 1.807) is 0 Å². The molecule has 1 aliphatic rings. The smallest absolute Gasteiger partial charge is 0.322 e. The van der Waals surface area contributed by atoms with Crippen molar-refractivity contribution < 1.29 is 14.4 Å². The van der Waals surface area contributed by atoms with Crippen LogP contribution >= 0.6 is 11.3 Å². The first-order chi connectivity index (χ1) is 9.74. The van der Waals surface area contributed by atoms with Crippen molar-refractivity contribution in [2.75, 3.05) is 19.6 Å². The van der Waals surface area contributed by atoms with Crippen LogP contribution in [0.1, 0.15) is 5.89 Å². The first-order valence-corrected chi connectivity index (χ1v) is 7.16. The van der Waals surface area contributed by atoms with Crippen molar-refractivity contribution in [2.45, 2.75) is 12.6 Å². The molecule has 0 radical (unpaired) electrons. The van der Waals surface area contributed by atoms with Gasteiger partial charge in [-0.3, -0.25) is 9.69 Å². The molecule has 0 aromatic carbocycles. The molecule has 0 amide bonds. The number of piperazine rings is 1. The lowest BCUT2D eigenvalue weighted by atomic mass is 10.2. The van der Waals surface area contributed by atoms with Crippen LogP contribution in [-0.4, -0.2) is 51.8 Å². The van der Waals surface area contributed by atoms with Gasteiger partial charge in [0.15, 0.2) is 0 Å². The van der Waals surface area contributed by atoms with Crippen molar-refractivity contribution in [3.05, 3.63) is 23.4 Å². The second-order valence-corrected chi connectivity index (χ2v) is 5.47. The van der Waals surface area contributed by atoms with Crippen molar-refractivity contribution in [3.8, 4) is 10.7 Å². The molecule has 2 N–H and O–H groups in total. The molecule has 3 heterocycles. The Morgan fingerprint density at radius 1 is 1.65 bits per heavy atom. The Labute approximate surface area is 119 Å². The predicted octanol–water partition coefficient (Wildman–Crippen LogP) is 0.657. The molecule has 8 heteroatoms. The van der Waals surface area contributed by atoms with Gasteiger partial charge in [-0.2, -0.15) is 4.98 Å². The summed E-state index contributed by atoms with van der Waals surface area (Å²) in [6.45, 7) is 2.20. The van der Waals surface area contributed by atoms with Gasteiger partial charge in [0.25, 0.3) is 0 Å². The van der Waals surface area contributed by atoms with Crippen LogP contribution in [0.5, 0.6) is 0 Å². The van der Waals surface area contributed by atoms with Crippen LogP contribution in [0, 0.1) is 0 Å². The number of thiophene rings is 1. The summed E-state index contributed by atoms with van der Waals surface area (Å²) in [4.78, 5) is 18.3. The van der Waals surface area contributed by atoms with E-state index in [0.717, 1.165) is 11.4 Å². The Kier molecular flexibility index (Phi) is 3.77. The Bertz CT molecular complexity index is 583. The number of hydrogen-bond donors (Lipinski definition) is 2. The minimum Gasteiger partial charge on any atom is -0.480 e. The number of aliphatic carboxylic acids is 1. The molecule has 7 nitrogen and oxygen atoms in total. The highest BCUT2D eigenvalue weighted by Crippen LogP contribution is 2.21. The number of carboxylic acid groups (broad SMARTS) is 1. The van der Waals surface area contributed by atoms with E-state index in [4.69, 9.17) is 4.52 Å². The molecular weight excluding hydrogens is 280 g/mol. The summed E-state index contributed by atoms with van der Waals surface area (Å²) in [5.41, 5.74) is 0. The number of carbonyl (C=O) groups is 1. The molecule has 0 bridgehead atoms. The third kappa shape index (κ3) is 2.72. The third-order valence-electron chi connectivity index (χ3n) is 3.19. The van der Waals surface area contributed by atoms with Crippen LogP contribution in [-0.2, 0) is 11.3 Å². The lowest BCUT2D eigenvalue weighted by Gasteiger charge is -2.32. The lowest BCUT2D eigenvalue weighted by Crippen LogP contribution is -2.54. The number of rotatable bonds is 4. The predicted molar refractivity (Wildman–Crippen MR) is 72.3 cm³/mol. The molecule has 0 aliphatic carbocycles. The molecular formula is C12H14N4O3S. The first-order valence-electron chi connectivity index (χ1n) is 6.28. The highest BCUT2D eigenvalue weighted by atomic mass is 32.1. The quantitative estimate of drug-likeness (QED) is 0.855. The monoisotopic (exact) mass is 294 g/mol. The number of aromatic nitrogens is 2.